The van der Waals surface area contributed by atoms with Gasteiger partial charge in [-0.3, -0.25) is 0 Å². The molecular formula is C16H26BrNO2. The normalized spacial score (nSPS) is 12.4. The van der Waals surface area contributed by atoms with E-state index in [4.69, 9.17) is 9.47 Å². The van der Waals surface area contributed by atoms with Gasteiger partial charge in [-0.05, 0) is 49.6 Å². The summed E-state index contributed by atoms with van der Waals surface area (Å²) in [5.74, 6) is 0.937. The van der Waals surface area contributed by atoms with Crippen LogP contribution in [0.5, 0.6) is 5.75 Å². The third-order valence-corrected chi connectivity index (χ3v) is 3.55. The van der Waals surface area contributed by atoms with Crippen LogP contribution in [-0.4, -0.2) is 32.9 Å². The Labute approximate surface area is 131 Å². The summed E-state index contributed by atoms with van der Waals surface area (Å²) < 4.78 is 12.2. The summed E-state index contributed by atoms with van der Waals surface area (Å²) in [6.07, 6.45) is 3.09. The van der Waals surface area contributed by atoms with E-state index in [1.807, 2.05) is 12.1 Å². The van der Waals surface area contributed by atoms with Crippen LogP contribution < -0.4 is 10.1 Å². The minimum Gasteiger partial charge on any atom is -0.496 e. The van der Waals surface area contributed by atoms with Gasteiger partial charge in [-0.2, -0.15) is 0 Å². The number of rotatable bonds is 10. The van der Waals surface area contributed by atoms with E-state index in [1.54, 1.807) is 7.11 Å². The maximum absolute atomic E-state index is 5.70. The molecule has 4 heteroatoms. The fourth-order valence-corrected chi connectivity index (χ4v) is 2.49. The summed E-state index contributed by atoms with van der Waals surface area (Å²) >= 11 is 3.52. The Kier molecular flexibility index (Phi) is 8.90. The van der Waals surface area contributed by atoms with E-state index in [0.29, 0.717) is 6.04 Å². The third kappa shape index (κ3) is 6.25. The Morgan fingerprint density at radius 1 is 1.25 bits per heavy atom. The molecule has 0 bridgehead atoms. The minimum absolute atomic E-state index is 0.324. The number of nitrogens with one attached hydrogen (secondary N) is 1. The highest BCUT2D eigenvalue weighted by Crippen LogP contribution is 2.24. The predicted octanol–water partition coefficient (Wildman–Crippen LogP) is 3.80. The lowest BCUT2D eigenvalue weighted by molar-refractivity contribution is 0.111. The maximum Gasteiger partial charge on any atom is 0.122 e. The average Bonchev–Trinajstić information content (AvgIpc) is 2.45. The van der Waals surface area contributed by atoms with E-state index < -0.39 is 0 Å². The Morgan fingerprint density at radius 3 is 2.70 bits per heavy atom. The van der Waals surface area contributed by atoms with Crippen molar-refractivity contribution in [2.45, 2.75) is 39.2 Å². The SMILES string of the molecule is CCCNC(COCCC)Cc1cc(Br)ccc1OC. The summed E-state index contributed by atoms with van der Waals surface area (Å²) in [7, 11) is 1.72. The van der Waals surface area contributed by atoms with Gasteiger partial charge in [-0.25, -0.2) is 0 Å². The molecule has 0 fully saturated rings. The molecule has 0 saturated heterocycles. The molecule has 1 aromatic rings. The molecule has 0 radical (unpaired) electrons. The van der Waals surface area contributed by atoms with Crippen molar-refractivity contribution in [3.05, 3.63) is 28.2 Å². The fourth-order valence-electron chi connectivity index (χ4n) is 2.08. The van der Waals surface area contributed by atoms with Gasteiger partial charge in [0.15, 0.2) is 0 Å². The van der Waals surface area contributed by atoms with E-state index in [-0.39, 0.29) is 0 Å². The molecule has 0 saturated carbocycles. The largest absolute Gasteiger partial charge is 0.496 e. The molecule has 1 N–H and O–H groups in total. The van der Waals surface area contributed by atoms with Crippen molar-refractivity contribution >= 4 is 15.9 Å². The van der Waals surface area contributed by atoms with Gasteiger partial charge in [0, 0.05) is 17.1 Å². The molecule has 0 aliphatic carbocycles. The highest BCUT2D eigenvalue weighted by molar-refractivity contribution is 9.10. The third-order valence-electron chi connectivity index (χ3n) is 3.06. The minimum atomic E-state index is 0.324. The zero-order chi connectivity index (χ0) is 14.8. The van der Waals surface area contributed by atoms with Crippen molar-refractivity contribution in [2.75, 3.05) is 26.9 Å². The number of benzene rings is 1. The summed E-state index contributed by atoms with van der Waals surface area (Å²) in [6, 6.07) is 6.46. The highest BCUT2D eigenvalue weighted by Gasteiger charge is 2.13. The monoisotopic (exact) mass is 343 g/mol. The van der Waals surface area contributed by atoms with Crippen LogP contribution in [0.1, 0.15) is 32.3 Å². The van der Waals surface area contributed by atoms with Gasteiger partial charge in [0.05, 0.1) is 13.7 Å². The van der Waals surface area contributed by atoms with Crippen molar-refractivity contribution in [3.8, 4) is 5.75 Å². The molecule has 1 atom stereocenters. The second kappa shape index (κ2) is 10.2. The first-order chi connectivity index (χ1) is 9.71. The van der Waals surface area contributed by atoms with E-state index in [1.165, 1.54) is 5.56 Å². The second-order valence-corrected chi connectivity index (χ2v) is 5.80. The fraction of sp³-hybridized carbons (Fsp3) is 0.625. The second-order valence-electron chi connectivity index (χ2n) is 4.89. The van der Waals surface area contributed by atoms with E-state index in [2.05, 4.69) is 41.2 Å². The van der Waals surface area contributed by atoms with Crippen LogP contribution in [-0.2, 0) is 11.2 Å². The summed E-state index contributed by atoms with van der Waals surface area (Å²) in [5, 5.41) is 3.55. The quantitative estimate of drug-likeness (QED) is 0.655. The molecule has 0 spiro atoms. The van der Waals surface area contributed by atoms with Crippen LogP contribution >= 0.6 is 15.9 Å². The number of methoxy groups -OCH3 is 1. The molecule has 114 valence electrons. The molecule has 0 amide bonds. The Morgan fingerprint density at radius 2 is 2.05 bits per heavy atom. The van der Waals surface area contributed by atoms with Crippen molar-refractivity contribution < 1.29 is 9.47 Å². The van der Waals surface area contributed by atoms with Crippen LogP contribution in [0.15, 0.2) is 22.7 Å². The van der Waals surface area contributed by atoms with Gasteiger partial charge >= 0.3 is 0 Å². The smallest absolute Gasteiger partial charge is 0.122 e. The van der Waals surface area contributed by atoms with Crippen molar-refractivity contribution in [2.24, 2.45) is 0 Å². The maximum atomic E-state index is 5.70. The molecule has 1 rings (SSSR count). The van der Waals surface area contributed by atoms with Crippen LogP contribution in [0, 0.1) is 0 Å². The van der Waals surface area contributed by atoms with E-state index in [9.17, 15) is 0 Å². The van der Waals surface area contributed by atoms with Crippen LogP contribution in [0.25, 0.3) is 0 Å². The zero-order valence-electron chi connectivity index (χ0n) is 12.7. The van der Waals surface area contributed by atoms with Crippen LogP contribution in [0.4, 0.5) is 0 Å². The predicted molar refractivity (Wildman–Crippen MR) is 87.6 cm³/mol. The summed E-state index contributed by atoms with van der Waals surface area (Å²) in [5.41, 5.74) is 1.20. The Bertz CT molecular complexity index is 385. The first kappa shape index (κ1) is 17.5. The number of halogens is 1. The molecule has 20 heavy (non-hydrogen) atoms. The first-order valence-corrected chi connectivity index (χ1v) is 8.14. The first-order valence-electron chi connectivity index (χ1n) is 7.34. The lowest BCUT2D eigenvalue weighted by atomic mass is 10.1. The van der Waals surface area contributed by atoms with Gasteiger partial charge in [-0.1, -0.05) is 29.8 Å². The topological polar surface area (TPSA) is 30.5 Å². The Balaban J connectivity index is 2.68. The lowest BCUT2D eigenvalue weighted by Crippen LogP contribution is -2.36. The number of hydrogen-bond donors (Lipinski definition) is 1. The summed E-state index contributed by atoms with van der Waals surface area (Å²) in [4.78, 5) is 0. The molecule has 0 aromatic heterocycles. The molecule has 1 aromatic carbocycles. The van der Waals surface area contributed by atoms with Crippen molar-refractivity contribution in [1.29, 1.82) is 0 Å². The van der Waals surface area contributed by atoms with Gasteiger partial charge in [0.2, 0.25) is 0 Å². The van der Waals surface area contributed by atoms with Crippen LogP contribution in [0.3, 0.4) is 0 Å². The number of ether oxygens (including phenoxy) is 2. The van der Waals surface area contributed by atoms with E-state index >= 15 is 0 Å². The van der Waals surface area contributed by atoms with E-state index in [0.717, 1.165) is 49.2 Å². The molecular weight excluding hydrogens is 318 g/mol. The molecule has 0 aliphatic heterocycles. The molecule has 0 heterocycles. The Hall–Kier alpha value is -0.580. The van der Waals surface area contributed by atoms with Crippen molar-refractivity contribution in [3.63, 3.8) is 0 Å². The van der Waals surface area contributed by atoms with Crippen molar-refractivity contribution in [1.82, 2.24) is 5.32 Å². The van der Waals surface area contributed by atoms with Gasteiger partial charge in [0.25, 0.3) is 0 Å². The highest BCUT2D eigenvalue weighted by atomic mass is 79.9. The molecule has 3 nitrogen and oxygen atoms in total. The number of hydrogen-bond acceptors (Lipinski definition) is 3. The molecule has 0 aliphatic rings. The van der Waals surface area contributed by atoms with Crippen LogP contribution in [0.2, 0.25) is 0 Å². The summed E-state index contributed by atoms with van der Waals surface area (Å²) in [6.45, 7) is 6.88. The van der Waals surface area contributed by atoms with Gasteiger partial charge in [0.1, 0.15) is 5.75 Å². The average molecular weight is 344 g/mol. The lowest BCUT2D eigenvalue weighted by Gasteiger charge is -2.20. The zero-order valence-corrected chi connectivity index (χ0v) is 14.3. The van der Waals surface area contributed by atoms with Gasteiger partial charge in [-0.15, -0.1) is 0 Å². The van der Waals surface area contributed by atoms with Gasteiger partial charge < -0.3 is 14.8 Å². The standard InChI is InChI=1S/C16H26BrNO2/c1-4-8-18-15(12-20-9-5-2)11-13-10-14(17)6-7-16(13)19-3/h6-7,10,15,18H,4-5,8-9,11-12H2,1-3H3. The molecule has 1 unspecified atom stereocenters.